The standard InChI is InChI=1S/C19H25NO5/c1-5-24-17(22)15-12-14(11-13-9-7-6-8-10-13)16(21)20(15)18(23)25-19(2,3)4/h6-10,14-15H,5,11-12H2,1-4H3/t14-,15-/m0/s1. The van der Waals surface area contributed by atoms with Crippen molar-refractivity contribution in [3.05, 3.63) is 35.9 Å². The minimum Gasteiger partial charge on any atom is -0.464 e. The van der Waals surface area contributed by atoms with Crippen LogP contribution in [0.4, 0.5) is 4.79 Å². The molecule has 1 aromatic carbocycles. The van der Waals surface area contributed by atoms with Crippen LogP contribution in [0.25, 0.3) is 0 Å². The summed E-state index contributed by atoms with van der Waals surface area (Å²) in [6.45, 7) is 7.02. The van der Waals surface area contributed by atoms with E-state index in [1.165, 1.54) is 0 Å². The number of hydrogen-bond acceptors (Lipinski definition) is 5. The largest absolute Gasteiger partial charge is 0.464 e. The van der Waals surface area contributed by atoms with Crippen molar-refractivity contribution in [2.24, 2.45) is 5.92 Å². The van der Waals surface area contributed by atoms with Crippen LogP contribution in [-0.4, -0.2) is 41.1 Å². The summed E-state index contributed by atoms with van der Waals surface area (Å²) < 4.78 is 10.4. The molecule has 1 heterocycles. The molecule has 1 aromatic rings. The molecule has 0 N–H and O–H groups in total. The monoisotopic (exact) mass is 347 g/mol. The SMILES string of the molecule is CCOC(=O)[C@@H]1C[C@H](Cc2ccccc2)C(=O)N1C(=O)OC(C)(C)C. The Hall–Kier alpha value is -2.37. The minimum atomic E-state index is -0.934. The highest BCUT2D eigenvalue weighted by atomic mass is 16.6. The molecule has 0 unspecified atom stereocenters. The van der Waals surface area contributed by atoms with Gasteiger partial charge in [0.1, 0.15) is 11.6 Å². The highest BCUT2D eigenvalue weighted by Crippen LogP contribution is 2.30. The van der Waals surface area contributed by atoms with Crippen LogP contribution >= 0.6 is 0 Å². The molecule has 25 heavy (non-hydrogen) atoms. The van der Waals surface area contributed by atoms with Crippen LogP contribution < -0.4 is 0 Å². The lowest BCUT2D eigenvalue weighted by Crippen LogP contribution is -2.46. The lowest BCUT2D eigenvalue weighted by molar-refractivity contribution is -0.151. The Morgan fingerprint density at radius 2 is 1.84 bits per heavy atom. The summed E-state index contributed by atoms with van der Waals surface area (Å²) in [4.78, 5) is 38.4. The van der Waals surface area contributed by atoms with Gasteiger partial charge in [-0.15, -0.1) is 0 Å². The second-order valence-corrected chi connectivity index (χ2v) is 7.08. The number of likely N-dealkylation sites (tertiary alicyclic amines) is 1. The smallest absolute Gasteiger partial charge is 0.417 e. The zero-order chi connectivity index (χ0) is 18.6. The Morgan fingerprint density at radius 3 is 2.40 bits per heavy atom. The zero-order valence-electron chi connectivity index (χ0n) is 15.2. The number of nitrogens with zero attached hydrogens (tertiary/aromatic N) is 1. The molecule has 0 bridgehead atoms. The third kappa shape index (κ3) is 4.81. The summed E-state index contributed by atoms with van der Waals surface area (Å²) in [5.74, 6) is -1.42. The van der Waals surface area contributed by atoms with E-state index in [0.717, 1.165) is 10.5 Å². The summed E-state index contributed by atoms with van der Waals surface area (Å²) in [7, 11) is 0. The van der Waals surface area contributed by atoms with E-state index < -0.39 is 35.5 Å². The van der Waals surface area contributed by atoms with Gasteiger partial charge in [-0.2, -0.15) is 0 Å². The Kier molecular flexibility index (Phi) is 5.82. The maximum absolute atomic E-state index is 12.8. The normalized spacial score (nSPS) is 20.5. The number of rotatable bonds is 4. The Bertz CT molecular complexity index is 635. The predicted molar refractivity (Wildman–Crippen MR) is 91.8 cm³/mol. The molecule has 6 heteroatoms. The zero-order valence-corrected chi connectivity index (χ0v) is 15.2. The van der Waals surface area contributed by atoms with Crippen molar-refractivity contribution < 1.29 is 23.9 Å². The second-order valence-electron chi connectivity index (χ2n) is 7.08. The van der Waals surface area contributed by atoms with Gasteiger partial charge in [0.05, 0.1) is 6.61 Å². The van der Waals surface area contributed by atoms with E-state index in [-0.39, 0.29) is 13.0 Å². The van der Waals surface area contributed by atoms with Gasteiger partial charge in [-0.1, -0.05) is 30.3 Å². The first-order valence-electron chi connectivity index (χ1n) is 8.49. The molecule has 0 saturated carbocycles. The molecule has 0 spiro atoms. The fraction of sp³-hybridized carbons (Fsp3) is 0.526. The molecular formula is C19H25NO5. The maximum atomic E-state index is 12.8. The molecule has 1 aliphatic rings. The number of amides is 2. The number of hydrogen-bond donors (Lipinski definition) is 0. The van der Waals surface area contributed by atoms with Crippen LogP contribution in [0.15, 0.2) is 30.3 Å². The van der Waals surface area contributed by atoms with Crippen molar-refractivity contribution in [3.63, 3.8) is 0 Å². The summed E-state index contributed by atoms with van der Waals surface area (Å²) >= 11 is 0. The molecule has 0 radical (unpaired) electrons. The number of ether oxygens (including phenoxy) is 2. The quantitative estimate of drug-likeness (QED) is 0.783. The average Bonchev–Trinajstić information content (AvgIpc) is 2.84. The van der Waals surface area contributed by atoms with Gasteiger partial charge in [-0.3, -0.25) is 4.79 Å². The van der Waals surface area contributed by atoms with Crippen molar-refractivity contribution in [2.75, 3.05) is 6.61 Å². The van der Waals surface area contributed by atoms with Gasteiger partial charge in [0.2, 0.25) is 5.91 Å². The van der Waals surface area contributed by atoms with Gasteiger partial charge in [0.25, 0.3) is 0 Å². The van der Waals surface area contributed by atoms with E-state index in [2.05, 4.69) is 0 Å². The Balaban J connectivity index is 2.22. The molecule has 1 aliphatic heterocycles. The highest BCUT2D eigenvalue weighted by molar-refractivity contribution is 6.00. The first kappa shape index (κ1) is 19.0. The van der Waals surface area contributed by atoms with Crippen molar-refractivity contribution in [2.45, 2.75) is 52.2 Å². The van der Waals surface area contributed by atoms with Crippen LogP contribution in [0.5, 0.6) is 0 Å². The minimum absolute atomic E-state index is 0.190. The first-order valence-corrected chi connectivity index (χ1v) is 8.49. The molecule has 1 fully saturated rings. The number of benzene rings is 1. The number of imide groups is 1. The molecule has 2 atom stereocenters. The van der Waals surface area contributed by atoms with E-state index in [0.29, 0.717) is 6.42 Å². The van der Waals surface area contributed by atoms with Gasteiger partial charge in [-0.05, 0) is 46.1 Å². The molecular weight excluding hydrogens is 322 g/mol. The highest BCUT2D eigenvalue weighted by Gasteiger charge is 2.48. The fourth-order valence-corrected chi connectivity index (χ4v) is 2.86. The molecule has 0 aromatic heterocycles. The summed E-state index contributed by atoms with van der Waals surface area (Å²) in [5, 5.41) is 0. The predicted octanol–water partition coefficient (Wildman–Crippen LogP) is 2.94. The van der Waals surface area contributed by atoms with Crippen LogP contribution in [-0.2, 0) is 25.5 Å². The maximum Gasteiger partial charge on any atom is 0.417 e. The second kappa shape index (κ2) is 7.68. The van der Waals surface area contributed by atoms with Crippen LogP contribution in [0.1, 0.15) is 39.7 Å². The van der Waals surface area contributed by atoms with Gasteiger partial charge in [0, 0.05) is 5.92 Å². The van der Waals surface area contributed by atoms with Gasteiger partial charge in [-0.25, -0.2) is 14.5 Å². The lowest BCUT2D eigenvalue weighted by Gasteiger charge is -2.26. The van der Waals surface area contributed by atoms with Crippen molar-refractivity contribution in [1.82, 2.24) is 4.90 Å². The Morgan fingerprint density at radius 1 is 1.20 bits per heavy atom. The van der Waals surface area contributed by atoms with E-state index >= 15 is 0 Å². The number of carbonyl (C=O) groups is 3. The number of carbonyl (C=O) groups excluding carboxylic acids is 3. The third-order valence-corrected chi connectivity index (χ3v) is 3.88. The van der Waals surface area contributed by atoms with E-state index in [1.54, 1.807) is 27.7 Å². The van der Waals surface area contributed by atoms with Gasteiger partial charge < -0.3 is 9.47 Å². The third-order valence-electron chi connectivity index (χ3n) is 3.88. The van der Waals surface area contributed by atoms with Crippen molar-refractivity contribution in [3.8, 4) is 0 Å². The summed E-state index contributed by atoms with van der Waals surface area (Å²) in [5.41, 5.74) is 0.225. The molecule has 1 saturated heterocycles. The topological polar surface area (TPSA) is 72.9 Å². The molecule has 2 rings (SSSR count). The van der Waals surface area contributed by atoms with Gasteiger partial charge >= 0.3 is 12.1 Å². The van der Waals surface area contributed by atoms with Crippen molar-refractivity contribution >= 4 is 18.0 Å². The Labute approximate surface area is 148 Å². The first-order chi connectivity index (χ1) is 11.7. The van der Waals surface area contributed by atoms with E-state index in [4.69, 9.17) is 9.47 Å². The van der Waals surface area contributed by atoms with Crippen LogP contribution in [0.2, 0.25) is 0 Å². The summed E-state index contributed by atoms with van der Waals surface area (Å²) in [6, 6.07) is 8.59. The average molecular weight is 347 g/mol. The van der Waals surface area contributed by atoms with E-state index in [1.807, 2.05) is 30.3 Å². The molecule has 6 nitrogen and oxygen atoms in total. The van der Waals surface area contributed by atoms with Crippen LogP contribution in [0, 0.1) is 5.92 Å². The summed E-state index contributed by atoms with van der Waals surface area (Å²) in [6.07, 6.45) is -0.0909. The fourth-order valence-electron chi connectivity index (χ4n) is 2.86. The molecule has 0 aliphatic carbocycles. The van der Waals surface area contributed by atoms with Crippen LogP contribution in [0.3, 0.4) is 0 Å². The molecule has 136 valence electrons. The molecule has 2 amide bonds. The van der Waals surface area contributed by atoms with Gasteiger partial charge in [0.15, 0.2) is 0 Å². The lowest BCUT2D eigenvalue weighted by atomic mass is 9.96. The number of esters is 1. The van der Waals surface area contributed by atoms with E-state index in [9.17, 15) is 14.4 Å². The van der Waals surface area contributed by atoms with Crippen molar-refractivity contribution in [1.29, 1.82) is 0 Å².